The van der Waals surface area contributed by atoms with Crippen molar-refractivity contribution in [1.82, 2.24) is 9.97 Å². The van der Waals surface area contributed by atoms with E-state index in [9.17, 15) is 5.11 Å². The van der Waals surface area contributed by atoms with Crippen LogP contribution in [0.3, 0.4) is 0 Å². The van der Waals surface area contributed by atoms with E-state index in [0.29, 0.717) is 23.3 Å². The van der Waals surface area contributed by atoms with E-state index in [0.717, 1.165) is 5.56 Å². The van der Waals surface area contributed by atoms with E-state index in [1.807, 2.05) is 30.3 Å². The molecule has 4 nitrogen and oxygen atoms in total. The van der Waals surface area contributed by atoms with Crippen molar-refractivity contribution in [3.63, 3.8) is 0 Å². The molecule has 0 radical (unpaired) electrons. The molecule has 2 rings (SSSR count). The number of aryl methyl sites for hydroxylation is 1. The molecular weight excluding hydrogens is 250 g/mol. The van der Waals surface area contributed by atoms with Crippen molar-refractivity contribution in [1.29, 1.82) is 0 Å². The maximum Gasteiger partial charge on any atom is 0.134 e. The zero-order chi connectivity index (χ0) is 13.0. The molecule has 0 aliphatic heterocycles. The first-order chi connectivity index (χ1) is 8.65. The van der Waals surface area contributed by atoms with Gasteiger partial charge in [0.1, 0.15) is 16.8 Å². The minimum absolute atomic E-state index is 0.372. The molecule has 0 spiro atoms. The van der Waals surface area contributed by atoms with Crippen LogP contribution < -0.4 is 5.32 Å². The number of benzene rings is 1. The third-order valence-electron chi connectivity index (χ3n) is 2.47. The fourth-order valence-corrected chi connectivity index (χ4v) is 1.84. The molecule has 0 aliphatic rings. The lowest BCUT2D eigenvalue weighted by atomic mass is 10.1. The number of anilines is 1. The van der Waals surface area contributed by atoms with Crippen molar-refractivity contribution in [3.05, 3.63) is 52.9 Å². The Kier molecular flexibility index (Phi) is 4.12. The van der Waals surface area contributed by atoms with Crippen LogP contribution in [0.25, 0.3) is 0 Å². The molecule has 94 valence electrons. The van der Waals surface area contributed by atoms with Crippen LogP contribution >= 0.6 is 11.6 Å². The van der Waals surface area contributed by atoms with Crippen molar-refractivity contribution < 1.29 is 5.11 Å². The van der Waals surface area contributed by atoms with Crippen LogP contribution in [-0.2, 0) is 0 Å². The smallest absolute Gasteiger partial charge is 0.134 e. The Hall–Kier alpha value is -1.65. The summed E-state index contributed by atoms with van der Waals surface area (Å²) >= 11 is 5.83. The first-order valence-electron chi connectivity index (χ1n) is 5.63. The zero-order valence-electron chi connectivity index (χ0n) is 9.97. The predicted molar refractivity (Wildman–Crippen MR) is 71.7 cm³/mol. The van der Waals surface area contributed by atoms with Gasteiger partial charge in [0, 0.05) is 12.6 Å². The molecule has 1 atom stereocenters. The van der Waals surface area contributed by atoms with Crippen molar-refractivity contribution >= 4 is 17.4 Å². The van der Waals surface area contributed by atoms with Gasteiger partial charge >= 0.3 is 0 Å². The number of nitrogens with zero attached hydrogens (tertiary/aromatic N) is 2. The second-order valence-corrected chi connectivity index (χ2v) is 4.32. The topological polar surface area (TPSA) is 58.0 Å². The van der Waals surface area contributed by atoms with Gasteiger partial charge in [-0.15, -0.1) is 0 Å². The molecule has 1 aromatic carbocycles. The molecule has 2 aromatic rings. The van der Waals surface area contributed by atoms with Crippen LogP contribution in [0.5, 0.6) is 0 Å². The molecule has 0 bridgehead atoms. The Morgan fingerprint density at radius 3 is 2.67 bits per heavy atom. The van der Waals surface area contributed by atoms with Gasteiger partial charge in [-0.25, -0.2) is 9.97 Å². The van der Waals surface area contributed by atoms with Crippen LogP contribution in [0.4, 0.5) is 5.82 Å². The van der Waals surface area contributed by atoms with Gasteiger partial charge < -0.3 is 10.4 Å². The average molecular weight is 264 g/mol. The summed E-state index contributed by atoms with van der Waals surface area (Å²) < 4.78 is 0. The lowest BCUT2D eigenvalue weighted by molar-refractivity contribution is 0.191. The van der Waals surface area contributed by atoms with Gasteiger partial charge in [0.25, 0.3) is 0 Å². The SMILES string of the molecule is Cc1nc(Cl)cc(NCC(O)c2ccccc2)n1. The zero-order valence-corrected chi connectivity index (χ0v) is 10.7. The van der Waals surface area contributed by atoms with Gasteiger partial charge in [-0.1, -0.05) is 41.9 Å². The fraction of sp³-hybridized carbons (Fsp3) is 0.231. The molecule has 0 saturated carbocycles. The summed E-state index contributed by atoms with van der Waals surface area (Å²) in [4.78, 5) is 8.15. The number of aliphatic hydroxyl groups is 1. The molecule has 18 heavy (non-hydrogen) atoms. The summed E-state index contributed by atoms with van der Waals surface area (Å²) in [6, 6.07) is 11.1. The largest absolute Gasteiger partial charge is 0.387 e. The quantitative estimate of drug-likeness (QED) is 0.833. The highest BCUT2D eigenvalue weighted by atomic mass is 35.5. The lowest BCUT2D eigenvalue weighted by Crippen LogP contribution is -2.13. The molecule has 0 aliphatic carbocycles. The average Bonchev–Trinajstić information content (AvgIpc) is 2.36. The molecule has 0 amide bonds. The Bertz CT molecular complexity index is 499. The Balaban J connectivity index is 1.99. The van der Waals surface area contributed by atoms with E-state index >= 15 is 0 Å². The lowest BCUT2D eigenvalue weighted by Gasteiger charge is -2.12. The molecule has 5 heteroatoms. The minimum atomic E-state index is -0.583. The highest BCUT2D eigenvalue weighted by molar-refractivity contribution is 6.29. The predicted octanol–water partition coefficient (Wildman–Crippen LogP) is 2.58. The normalized spacial score (nSPS) is 12.2. The van der Waals surface area contributed by atoms with E-state index in [1.54, 1.807) is 13.0 Å². The molecule has 0 fully saturated rings. The van der Waals surface area contributed by atoms with Gasteiger partial charge in [-0.3, -0.25) is 0 Å². The summed E-state index contributed by atoms with van der Waals surface area (Å²) in [5.41, 5.74) is 0.863. The maximum absolute atomic E-state index is 9.98. The van der Waals surface area contributed by atoms with Gasteiger partial charge in [-0.05, 0) is 12.5 Å². The third-order valence-corrected chi connectivity index (χ3v) is 2.66. The Morgan fingerprint density at radius 2 is 2.00 bits per heavy atom. The number of nitrogens with one attached hydrogen (secondary N) is 1. The second kappa shape index (κ2) is 5.80. The monoisotopic (exact) mass is 263 g/mol. The maximum atomic E-state index is 9.98. The summed E-state index contributed by atoms with van der Waals surface area (Å²) in [5, 5.41) is 13.4. The number of hydrogen-bond donors (Lipinski definition) is 2. The van der Waals surface area contributed by atoms with E-state index in [1.165, 1.54) is 0 Å². The molecule has 1 unspecified atom stereocenters. The highest BCUT2D eigenvalue weighted by Crippen LogP contribution is 2.15. The van der Waals surface area contributed by atoms with Gasteiger partial charge in [0.2, 0.25) is 0 Å². The van der Waals surface area contributed by atoms with Crippen LogP contribution in [-0.4, -0.2) is 21.6 Å². The van der Waals surface area contributed by atoms with E-state index in [4.69, 9.17) is 11.6 Å². The molecule has 0 saturated heterocycles. The van der Waals surface area contributed by atoms with E-state index in [-0.39, 0.29) is 0 Å². The Morgan fingerprint density at radius 1 is 1.28 bits per heavy atom. The van der Waals surface area contributed by atoms with E-state index < -0.39 is 6.10 Å². The highest BCUT2D eigenvalue weighted by Gasteiger charge is 2.07. The molecule has 1 aromatic heterocycles. The third kappa shape index (κ3) is 3.42. The van der Waals surface area contributed by atoms with Crippen molar-refractivity contribution in [3.8, 4) is 0 Å². The molecule has 2 N–H and O–H groups in total. The number of rotatable bonds is 4. The van der Waals surface area contributed by atoms with Gasteiger partial charge in [-0.2, -0.15) is 0 Å². The minimum Gasteiger partial charge on any atom is -0.387 e. The number of aliphatic hydroxyl groups excluding tert-OH is 1. The standard InChI is InChI=1S/C13H14ClN3O/c1-9-16-12(14)7-13(17-9)15-8-11(18)10-5-3-2-4-6-10/h2-7,11,18H,8H2,1H3,(H,15,16,17). The molecular formula is C13H14ClN3O. The van der Waals surface area contributed by atoms with Crippen LogP contribution in [0.15, 0.2) is 36.4 Å². The van der Waals surface area contributed by atoms with Crippen LogP contribution in [0.2, 0.25) is 5.15 Å². The summed E-state index contributed by atoms with van der Waals surface area (Å²) in [5.74, 6) is 1.21. The first-order valence-corrected chi connectivity index (χ1v) is 6.01. The van der Waals surface area contributed by atoms with Gasteiger partial charge in [0.05, 0.1) is 6.10 Å². The molecule has 1 heterocycles. The first kappa shape index (κ1) is 12.8. The fourth-order valence-electron chi connectivity index (χ4n) is 1.62. The van der Waals surface area contributed by atoms with Crippen molar-refractivity contribution in [2.75, 3.05) is 11.9 Å². The summed E-state index contributed by atoms with van der Waals surface area (Å²) in [6.45, 7) is 2.14. The summed E-state index contributed by atoms with van der Waals surface area (Å²) in [6.07, 6.45) is -0.583. The van der Waals surface area contributed by atoms with Crippen molar-refractivity contribution in [2.45, 2.75) is 13.0 Å². The number of hydrogen-bond acceptors (Lipinski definition) is 4. The van der Waals surface area contributed by atoms with Crippen LogP contribution in [0, 0.1) is 6.92 Å². The summed E-state index contributed by atoms with van der Waals surface area (Å²) in [7, 11) is 0. The van der Waals surface area contributed by atoms with Gasteiger partial charge in [0.15, 0.2) is 0 Å². The van der Waals surface area contributed by atoms with Crippen LogP contribution in [0.1, 0.15) is 17.5 Å². The Labute approximate surface area is 111 Å². The number of halogens is 1. The van der Waals surface area contributed by atoms with E-state index in [2.05, 4.69) is 15.3 Å². The second-order valence-electron chi connectivity index (χ2n) is 3.93. The number of aromatic nitrogens is 2. The van der Waals surface area contributed by atoms with Crippen molar-refractivity contribution in [2.24, 2.45) is 0 Å².